The standard InChI is InChI=1S/C15H23N3O/c1-18-9-6-12(7-10-18)5-8-17-15(19)13-3-2-4-14(16)11-13/h2-4,11-12H,5-10,16H2,1H3,(H,17,19). The highest BCUT2D eigenvalue weighted by molar-refractivity contribution is 5.94. The van der Waals surface area contributed by atoms with E-state index in [9.17, 15) is 4.79 Å². The number of carbonyl (C=O) groups excluding carboxylic acids is 1. The molecule has 1 heterocycles. The molecule has 0 bridgehead atoms. The van der Waals surface area contributed by atoms with Crippen molar-refractivity contribution in [2.45, 2.75) is 19.3 Å². The molecule has 0 radical (unpaired) electrons. The van der Waals surface area contributed by atoms with Crippen molar-refractivity contribution in [3.05, 3.63) is 29.8 Å². The number of likely N-dealkylation sites (tertiary alicyclic amines) is 1. The monoisotopic (exact) mass is 261 g/mol. The van der Waals surface area contributed by atoms with Crippen molar-refractivity contribution in [1.82, 2.24) is 10.2 Å². The molecule has 1 aromatic rings. The molecule has 3 N–H and O–H groups in total. The summed E-state index contributed by atoms with van der Waals surface area (Å²) in [6.07, 6.45) is 3.55. The third-order valence-corrected chi connectivity index (χ3v) is 3.83. The summed E-state index contributed by atoms with van der Waals surface area (Å²) in [5, 5.41) is 2.98. The maximum absolute atomic E-state index is 11.9. The zero-order valence-corrected chi connectivity index (χ0v) is 11.6. The molecule has 1 aliphatic heterocycles. The molecule has 0 unspecified atom stereocenters. The molecule has 19 heavy (non-hydrogen) atoms. The van der Waals surface area contributed by atoms with Crippen molar-refractivity contribution in [3.8, 4) is 0 Å². The number of rotatable bonds is 4. The molecule has 1 amide bonds. The summed E-state index contributed by atoms with van der Waals surface area (Å²) in [6.45, 7) is 3.10. The number of nitrogens with zero attached hydrogens (tertiary/aromatic N) is 1. The third-order valence-electron chi connectivity index (χ3n) is 3.83. The first-order chi connectivity index (χ1) is 9.15. The van der Waals surface area contributed by atoms with E-state index >= 15 is 0 Å². The molecule has 4 nitrogen and oxygen atoms in total. The van der Waals surface area contributed by atoms with Crippen molar-refractivity contribution in [2.75, 3.05) is 32.4 Å². The van der Waals surface area contributed by atoms with Gasteiger partial charge in [0.25, 0.3) is 5.91 Å². The highest BCUT2D eigenvalue weighted by atomic mass is 16.1. The van der Waals surface area contributed by atoms with Crippen LogP contribution in [0.4, 0.5) is 5.69 Å². The van der Waals surface area contributed by atoms with Gasteiger partial charge in [0.15, 0.2) is 0 Å². The van der Waals surface area contributed by atoms with Gasteiger partial charge in [-0.25, -0.2) is 0 Å². The van der Waals surface area contributed by atoms with Gasteiger partial charge in [0, 0.05) is 17.8 Å². The summed E-state index contributed by atoms with van der Waals surface area (Å²) in [5.41, 5.74) is 6.94. The first-order valence-corrected chi connectivity index (χ1v) is 6.97. The summed E-state index contributed by atoms with van der Waals surface area (Å²) in [7, 11) is 2.16. The van der Waals surface area contributed by atoms with Gasteiger partial charge in [-0.05, 0) is 63.5 Å². The molecule has 0 spiro atoms. The van der Waals surface area contributed by atoms with E-state index in [1.807, 2.05) is 0 Å². The summed E-state index contributed by atoms with van der Waals surface area (Å²) >= 11 is 0. The number of nitrogens with two attached hydrogens (primary N) is 1. The third kappa shape index (κ3) is 4.24. The van der Waals surface area contributed by atoms with Gasteiger partial charge in [-0.3, -0.25) is 4.79 Å². The Balaban J connectivity index is 1.72. The van der Waals surface area contributed by atoms with E-state index in [0.29, 0.717) is 11.3 Å². The van der Waals surface area contributed by atoms with Crippen molar-refractivity contribution in [1.29, 1.82) is 0 Å². The molecular formula is C15H23N3O. The number of hydrogen-bond acceptors (Lipinski definition) is 3. The van der Waals surface area contributed by atoms with Crippen LogP contribution in [-0.4, -0.2) is 37.5 Å². The van der Waals surface area contributed by atoms with Gasteiger partial charge in [0.05, 0.1) is 0 Å². The van der Waals surface area contributed by atoms with Crippen molar-refractivity contribution in [2.24, 2.45) is 5.92 Å². The Bertz CT molecular complexity index is 425. The Morgan fingerprint density at radius 2 is 2.16 bits per heavy atom. The molecular weight excluding hydrogens is 238 g/mol. The maximum Gasteiger partial charge on any atom is 0.251 e. The lowest BCUT2D eigenvalue weighted by molar-refractivity contribution is 0.0949. The van der Waals surface area contributed by atoms with E-state index in [1.54, 1.807) is 24.3 Å². The average molecular weight is 261 g/mol. The lowest BCUT2D eigenvalue weighted by Crippen LogP contribution is -2.32. The number of carbonyl (C=O) groups is 1. The number of anilines is 1. The molecule has 1 aromatic carbocycles. The van der Waals surface area contributed by atoms with Crippen LogP contribution >= 0.6 is 0 Å². The lowest BCUT2D eigenvalue weighted by Gasteiger charge is -2.28. The summed E-state index contributed by atoms with van der Waals surface area (Å²) in [6, 6.07) is 7.10. The molecule has 0 atom stereocenters. The van der Waals surface area contributed by atoms with Gasteiger partial charge in [0.1, 0.15) is 0 Å². The maximum atomic E-state index is 11.9. The molecule has 0 saturated carbocycles. The number of benzene rings is 1. The van der Waals surface area contributed by atoms with E-state index in [1.165, 1.54) is 25.9 Å². The fraction of sp³-hybridized carbons (Fsp3) is 0.533. The largest absolute Gasteiger partial charge is 0.399 e. The van der Waals surface area contributed by atoms with Gasteiger partial charge < -0.3 is 16.0 Å². The van der Waals surface area contributed by atoms with Crippen molar-refractivity contribution < 1.29 is 4.79 Å². The minimum atomic E-state index is -0.0276. The zero-order chi connectivity index (χ0) is 13.7. The minimum Gasteiger partial charge on any atom is -0.399 e. The van der Waals surface area contributed by atoms with Crippen LogP contribution in [0.3, 0.4) is 0 Å². The zero-order valence-electron chi connectivity index (χ0n) is 11.6. The number of piperidine rings is 1. The van der Waals surface area contributed by atoms with Gasteiger partial charge in [0.2, 0.25) is 0 Å². The van der Waals surface area contributed by atoms with E-state index in [-0.39, 0.29) is 5.91 Å². The number of hydrogen-bond donors (Lipinski definition) is 2. The summed E-state index contributed by atoms with van der Waals surface area (Å²) < 4.78 is 0. The molecule has 104 valence electrons. The van der Waals surface area contributed by atoms with Crippen molar-refractivity contribution in [3.63, 3.8) is 0 Å². The topological polar surface area (TPSA) is 58.4 Å². The fourth-order valence-corrected chi connectivity index (χ4v) is 2.52. The van der Waals surface area contributed by atoms with E-state index in [4.69, 9.17) is 5.73 Å². The second-order valence-corrected chi connectivity index (χ2v) is 5.42. The van der Waals surface area contributed by atoms with Crippen LogP contribution in [-0.2, 0) is 0 Å². The van der Waals surface area contributed by atoms with Crippen LogP contribution in [0.1, 0.15) is 29.6 Å². The normalized spacial score (nSPS) is 17.3. The first-order valence-electron chi connectivity index (χ1n) is 6.97. The van der Waals surface area contributed by atoms with Crippen LogP contribution < -0.4 is 11.1 Å². The van der Waals surface area contributed by atoms with Gasteiger partial charge >= 0.3 is 0 Å². The summed E-state index contributed by atoms with van der Waals surface area (Å²) in [5.74, 6) is 0.720. The summed E-state index contributed by atoms with van der Waals surface area (Å²) in [4.78, 5) is 14.3. The minimum absolute atomic E-state index is 0.0276. The number of nitrogens with one attached hydrogen (secondary N) is 1. The lowest BCUT2D eigenvalue weighted by atomic mass is 9.94. The van der Waals surface area contributed by atoms with Crippen LogP contribution in [0.15, 0.2) is 24.3 Å². The second-order valence-electron chi connectivity index (χ2n) is 5.42. The number of amides is 1. The molecule has 1 aliphatic rings. The highest BCUT2D eigenvalue weighted by Crippen LogP contribution is 2.18. The fourth-order valence-electron chi connectivity index (χ4n) is 2.52. The Morgan fingerprint density at radius 3 is 2.84 bits per heavy atom. The molecule has 2 rings (SSSR count). The van der Waals surface area contributed by atoms with Gasteiger partial charge in [-0.15, -0.1) is 0 Å². The Hall–Kier alpha value is -1.55. The smallest absolute Gasteiger partial charge is 0.251 e. The Morgan fingerprint density at radius 1 is 1.42 bits per heavy atom. The van der Waals surface area contributed by atoms with E-state index < -0.39 is 0 Å². The van der Waals surface area contributed by atoms with Crippen LogP contribution in [0.2, 0.25) is 0 Å². The molecule has 1 fully saturated rings. The van der Waals surface area contributed by atoms with Crippen molar-refractivity contribution >= 4 is 11.6 Å². The Labute approximate surface area is 115 Å². The van der Waals surface area contributed by atoms with Gasteiger partial charge in [-0.1, -0.05) is 6.07 Å². The molecule has 1 saturated heterocycles. The van der Waals surface area contributed by atoms with E-state index in [0.717, 1.165) is 18.9 Å². The molecule has 4 heteroatoms. The molecule has 0 aromatic heterocycles. The average Bonchev–Trinajstić information content (AvgIpc) is 2.41. The predicted molar refractivity (Wildman–Crippen MR) is 78.0 cm³/mol. The van der Waals surface area contributed by atoms with Crippen LogP contribution in [0.25, 0.3) is 0 Å². The quantitative estimate of drug-likeness (QED) is 0.812. The predicted octanol–water partition coefficient (Wildman–Crippen LogP) is 1.73. The second kappa shape index (κ2) is 6.57. The Kier molecular flexibility index (Phi) is 4.80. The van der Waals surface area contributed by atoms with Crippen LogP contribution in [0, 0.1) is 5.92 Å². The van der Waals surface area contributed by atoms with Crippen LogP contribution in [0.5, 0.6) is 0 Å². The number of nitrogen functional groups attached to an aromatic ring is 1. The first kappa shape index (κ1) is 13.9. The van der Waals surface area contributed by atoms with E-state index in [2.05, 4.69) is 17.3 Å². The molecule has 0 aliphatic carbocycles. The SMILES string of the molecule is CN1CCC(CCNC(=O)c2cccc(N)c2)CC1. The highest BCUT2D eigenvalue weighted by Gasteiger charge is 2.16. The van der Waals surface area contributed by atoms with Gasteiger partial charge in [-0.2, -0.15) is 0 Å².